The number of benzene rings is 2. The Balaban J connectivity index is 0.000000218. The summed E-state index contributed by atoms with van der Waals surface area (Å²) in [6.45, 7) is 0. The lowest BCUT2D eigenvalue weighted by Crippen LogP contribution is -1.94. The van der Waals surface area contributed by atoms with Gasteiger partial charge >= 0.3 is 0 Å². The summed E-state index contributed by atoms with van der Waals surface area (Å²) in [6, 6.07) is 13.5. The molecule has 4 N–H and O–H groups in total. The van der Waals surface area contributed by atoms with Crippen LogP contribution in [0.15, 0.2) is 48.5 Å². The molecule has 0 aliphatic heterocycles. The number of anilines is 2. The van der Waals surface area contributed by atoms with Gasteiger partial charge in [-0.25, -0.2) is 0 Å². The van der Waals surface area contributed by atoms with Crippen LogP contribution in [-0.2, 0) is 0 Å². The number of hydrogen-bond donors (Lipinski definition) is 2. The highest BCUT2D eigenvalue weighted by molar-refractivity contribution is 5.57. The third kappa shape index (κ3) is 4.55. The van der Waals surface area contributed by atoms with Crippen LogP contribution < -0.4 is 16.2 Å². The van der Waals surface area contributed by atoms with E-state index in [2.05, 4.69) is 0 Å². The monoisotopic (exact) mass is 261 g/mol. The normalized spacial score (nSPS) is 9.11. The smallest absolute Gasteiger partial charge is 0.273 e. The summed E-state index contributed by atoms with van der Waals surface area (Å²) in [5.74, 6) is 0.323. The van der Waals surface area contributed by atoms with Crippen LogP contribution in [0.2, 0.25) is 0 Å². The summed E-state index contributed by atoms with van der Waals surface area (Å²) >= 11 is 0. The summed E-state index contributed by atoms with van der Waals surface area (Å²) in [5, 5.41) is 10.3. The first kappa shape index (κ1) is 14.3. The summed E-state index contributed by atoms with van der Waals surface area (Å²) in [5.41, 5.74) is 12.0. The average molecular weight is 261 g/mol. The minimum absolute atomic E-state index is 0.0268. The predicted octanol–water partition coefficient (Wildman–Crippen LogP) is 2.45. The quantitative estimate of drug-likeness (QED) is 0.491. The van der Waals surface area contributed by atoms with E-state index in [1.807, 2.05) is 30.3 Å². The summed E-state index contributed by atoms with van der Waals surface area (Å²) < 4.78 is 4.81. The number of nitrogens with zero attached hydrogens (tertiary/aromatic N) is 1. The molecule has 0 aromatic heterocycles. The number of rotatable bonds is 2. The van der Waals surface area contributed by atoms with E-state index in [1.54, 1.807) is 0 Å². The van der Waals surface area contributed by atoms with E-state index in [-0.39, 0.29) is 5.69 Å². The highest BCUT2D eigenvalue weighted by Gasteiger charge is 2.08. The number of nitro groups is 1. The molecule has 19 heavy (non-hydrogen) atoms. The van der Waals surface area contributed by atoms with Gasteiger partial charge in [0.25, 0.3) is 5.69 Å². The van der Waals surface area contributed by atoms with Crippen LogP contribution in [-0.4, -0.2) is 12.0 Å². The number of ether oxygens (including phenoxy) is 1. The molecule has 0 fully saturated rings. The second-order valence-corrected chi connectivity index (χ2v) is 3.59. The topological polar surface area (TPSA) is 104 Å². The molecule has 0 aliphatic rings. The van der Waals surface area contributed by atoms with Crippen molar-refractivity contribution in [1.82, 2.24) is 0 Å². The Kier molecular flexibility index (Phi) is 5.16. The highest BCUT2D eigenvalue weighted by Crippen LogP contribution is 2.25. The van der Waals surface area contributed by atoms with Gasteiger partial charge in [0.15, 0.2) is 0 Å². The summed E-state index contributed by atoms with van der Waals surface area (Å²) in [7, 11) is 1.41. The summed E-state index contributed by atoms with van der Waals surface area (Å²) in [4.78, 5) is 9.79. The van der Waals surface area contributed by atoms with Crippen molar-refractivity contribution < 1.29 is 9.66 Å². The molecule has 2 aromatic carbocycles. The Morgan fingerprint density at radius 1 is 1.11 bits per heavy atom. The largest absolute Gasteiger partial charge is 0.494 e. The Labute approximate surface area is 110 Å². The number of nitrogen functional groups attached to an aromatic ring is 2. The van der Waals surface area contributed by atoms with Crippen LogP contribution in [0, 0.1) is 10.1 Å². The maximum Gasteiger partial charge on any atom is 0.273 e. The average Bonchev–Trinajstić information content (AvgIpc) is 2.40. The Bertz CT molecular complexity index is 544. The van der Waals surface area contributed by atoms with Crippen LogP contribution >= 0.6 is 0 Å². The lowest BCUT2D eigenvalue weighted by molar-refractivity contribution is -0.384. The zero-order valence-corrected chi connectivity index (χ0v) is 10.4. The Hall–Kier alpha value is -2.76. The second kappa shape index (κ2) is 6.85. The van der Waals surface area contributed by atoms with Gasteiger partial charge in [0, 0.05) is 11.8 Å². The first-order chi connectivity index (χ1) is 9.04. The highest BCUT2D eigenvalue weighted by atomic mass is 16.6. The van der Waals surface area contributed by atoms with Gasteiger partial charge in [-0.1, -0.05) is 18.2 Å². The van der Waals surface area contributed by atoms with Crippen molar-refractivity contribution in [2.24, 2.45) is 0 Å². The molecule has 0 spiro atoms. The standard InChI is InChI=1S/C7H8N2O3.C6H7N/c1-12-7-4-5(9(10)11)2-3-6(7)8;7-6-4-2-1-3-5-6/h2-4H,8H2,1H3;1-5H,7H2. The van der Waals surface area contributed by atoms with E-state index in [0.29, 0.717) is 11.4 Å². The van der Waals surface area contributed by atoms with Crippen molar-refractivity contribution in [2.75, 3.05) is 18.6 Å². The molecule has 0 unspecified atom stereocenters. The van der Waals surface area contributed by atoms with Crippen LogP contribution in [0.4, 0.5) is 17.1 Å². The van der Waals surface area contributed by atoms with Crippen molar-refractivity contribution in [3.05, 3.63) is 58.6 Å². The minimum atomic E-state index is -0.498. The molecular formula is C13H15N3O3. The maximum absolute atomic E-state index is 10.3. The third-order valence-corrected chi connectivity index (χ3v) is 2.23. The number of hydrogen-bond acceptors (Lipinski definition) is 5. The van der Waals surface area contributed by atoms with Gasteiger partial charge in [-0.2, -0.15) is 0 Å². The number of methoxy groups -OCH3 is 1. The molecule has 0 radical (unpaired) electrons. The van der Waals surface area contributed by atoms with E-state index in [1.165, 1.54) is 25.3 Å². The molecule has 0 atom stereocenters. The van der Waals surface area contributed by atoms with Crippen LogP contribution in [0.1, 0.15) is 0 Å². The SMILES string of the molecule is COc1cc([N+](=O)[O-])ccc1N.Nc1ccccc1. The van der Waals surface area contributed by atoms with E-state index >= 15 is 0 Å². The molecule has 6 nitrogen and oxygen atoms in total. The number of non-ortho nitro benzene ring substituents is 1. The van der Waals surface area contributed by atoms with E-state index < -0.39 is 4.92 Å². The van der Waals surface area contributed by atoms with Gasteiger partial charge in [-0.3, -0.25) is 10.1 Å². The Morgan fingerprint density at radius 3 is 2.16 bits per heavy atom. The molecule has 2 rings (SSSR count). The van der Waals surface area contributed by atoms with Gasteiger partial charge in [0.2, 0.25) is 0 Å². The van der Waals surface area contributed by atoms with Gasteiger partial charge < -0.3 is 16.2 Å². The first-order valence-electron chi connectivity index (χ1n) is 5.43. The van der Waals surface area contributed by atoms with Crippen molar-refractivity contribution in [3.63, 3.8) is 0 Å². The molecule has 0 saturated carbocycles. The number of nitro benzene ring substituents is 1. The van der Waals surface area contributed by atoms with E-state index in [0.717, 1.165) is 5.69 Å². The zero-order valence-electron chi connectivity index (χ0n) is 10.4. The molecule has 100 valence electrons. The third-order valence-electron chi connectivity index (χ3n) is 2.23. The van der Waals surface area contributed by atoms with Gasteiger partial charge in [0.05, 0.1) is 23.8 Å². The minimum Gasteiger partial charge on any atom is -0.494 e. The van der Waals surface area contributed by atoms with Gasteiger partial charge in [0.1, 0.15) is 5.75 Å². The molecule has 0 aliphatic carbocycles. The Morgan fingerprint density at radius 2 is 1.74 bits per heavy atom. The molecule has 2 aromatic rings. The molecule has 6 heteroatoms. The number of para-hydroxylation sites is 1. The van der Waals surface area contributed by atoms with Gasteiger partial charge in [-0.15, -0.1) is 0 Å². The van der Waals surface area contributed by atoms with E-state index in [4.69, 9.17) is 16.2 Å². The summed E-state index contributed by atoms with van der Waals surface area (Å²) in [6.07, 6.45) is 0. The molecule has 0 amide bonds. The fourth-order valence-corrected chi connectivity index (χ4v) is 1.27. The lowest BCUT2D eigenvalue weighted by Gasteiger charge is -2.02. The predicted molar refractivity (Wildman–Crippen MR) is 74.9 cm³/mol. The fourth-order valence-electron chi connectivity index (χ4n) is 1.27. The van der Waals surface area contributed by atoms with Crippen LogP contribution in [0.3, 0.4) is 0 Å². The van der Waals surface area contributed by atoms with Crippen molar-refractivity contribution in [2.45, 2.75) is 0 Å². The van der Waals surface area contributed by atoms with Gasteiger partial charge in [-0.05, 0) is 18.2 Å². The van der Waals surface area contributed by atoms with Crippen molar-refractivity contribution in [3.8, 4) is 5.75 Å². The molecule has 0 saturated heterocycles. The molecule has 0 bridgehead atoms. The van der Waals surface area contributed by atoms with Crippen molar-refractivity contribution >= 4 is 17.1 Å². The van der Waals surface area contributed by atoms with E-state index in [9.17, 15) is 10.1 Å². The first-order valence-corrected chi connectivity index (χ1v) is 5.43. The molecular weight excluding hydrogens is 246 g/mol. The lowest BCUT2D eigenvalue weighted by atomic mass is 10.2. The zero-order chi connectivity index (χ0) is 14.3. The van der Waals surface area contributed by atoms with Crippen molar-refractivity contribution in [1.29, 1.82) is 0 Å². The number of nitrogens with two attached hydrogens (primary N) is 2. The molecule has 0 heterocycles. The maximum atomic E-state index is 10.3. The van der Waals surface area contributed by atoms with Crippen LogP contribution in [0.25, 0.3) is 0 Å². The second-order valence-electron chi connectivity index (χ2n) is 3.59. The fraction of sp³-hybridized carbons (Fsp3) is 0.0769. The van der Waals surface area contributed by atoms with Crippen LogP contribution in [0.5, 0.6) is 5.75 Å².